The molecule has 0 bridgehead atoms. The predicted molar refractivity (Wildman–Crippen MR) is 71.3 cm³/mol. The van der Waals surface area contributed by atoms with Crippen molar-refractivity contribution in [2.45, 2.75) is 6.18 Å². The first-order valence-electron chi connectivity index (χ1n) is 5.96. The maximum Gasteiger partial charge on any atom is 0.471 e. The summed E-state index contributed by atoms with van der Waals surface area (Å²) in [6.07, 6.45) is -4.19. The van der Waals surface area contributed by atoms with Crippen LogP contribution >= 0.6 is 0 Å². The van der Waals surface area contributed by atoms with Crippen molar-refractivity contribution in [1.29, 1.82) is 0 Å². The van der Waals surface area contributed by atoms with Crippen LogP contribution in [0.3, 0.4) is 0 Å². The molecule has 0 spiro atoms. The van der Waals surface area contributed by atoms with Crippen molar-refractivity contribution in [3.63, 3.8) is 0 Å². The van der Waals surface area contributed by atoms with Gasteiger partial charge in [0.25, 0.3) is 0 Å². The summed E-state index contributed by atoms with van der Waals surface area (Å²) in [6.45, 7) is 0. The van der Waals surface area contributed by atoms with Crippen LogP contribution in [0.1, 0.15) is 10.4 Å². The van der Waals surface area contributed by atoms with Gasteiger partial charge in [0, 0.05) is 11.8 Å². The van der Waals surface area contributed by atoms with E-state index in [2.05, 4.69) is 4.98 Å². The van der Waals surface area contributed by atoms with Crippen molar-refractivity contribution in [1.82, 2.24) is 4.98 Å². The van der Waals surface area contributed by atoms with Gasteiger partial charge in [-0.1, -0.05) is 30.3 Å². The Morgan fingerprint density at radius 1 is 1.14 bits per heavy atom. The molecule has 0 aliphatic rings. The molecule has 0 radical (unpaired) electrons. The van der Waals surface area contributed by atoms with Crippen molar-refractivity contribution in [2.75, 3.05) is 5.32 Å². The predicted octanol–water partition coefficient (Wildman–Crippen LogP) is 2.95. The Labute approximate surface area is 122 Å². The van der Waals surface area contributed by atoms with Gasteiger partial charge in [0.2, 0.25) is 0 Å². The van der Waals surface area contributed by atoms with E-state index in [0.717, 1.165) is 12.3 Å². The highest BCUT2D eigenvalue weighted by molar-refractivity contribution is 5.98. The minimum Gasteiger partial charge on any atom is -0.478 e. The average Bonchev–Trinajstić information content (AvgIpc) is 2.47. The number of hydrogen-bond acceptors (Lipinski definition) is 3. The summed E-state index contributed by atoms with van der Waals surface area (Å²) in [5, 5.41) is 10.6. The third-order valence-electron chi connectivity index (χ3n) is 2.71. The van der Waals surface area contributed by atoms with Gasteiger partial charge in [-0.2, -0.15) is 13.2 Å². The molecule has 2 N–H and O–H groups in total. The van der Waals surface area contributed by atoms with Crippen LogP contribution in [0.15, 0.2) is 42.6 Å². The summed E-state index contributed by atoms with van der Waals surface area (Å²) in [6, 6.07) is 9.21. The average molecular weight is 310 g/mol. The molecule has 2 rings (SSSR count). The van der Waals surface area contributed by atoms with Crippen LogP contribution in [0, 0.1) is 0 Å². The Morgan fingerprint density at radius 3 is 2.32 bits per heavy atom. The molecule has 1 heterocycles. The number of halogens is 3. The van der Waals surface area contributed by atoms with Crippen LogP contribution in [0.2, 0.25) is 0 Å². The molecule has 0 atom stereocenters. The molecule has 22 heavy (non-hydrogen) atoms. The van der Waals surface area contributed by atoms with Gasteiger partial charge in [0.1, 0.15) is 5.82 Å². The van der Waals surface area contributed by atoms with E-state index in [1.54, 1.807) is 35.6 Å². The number of carboxylic acids is 1. The molecule has 8 heteroatoms. The maximum atomic E-state index is 12.3. The van der Waals surface area contributed by atoms with Crippen molar-refractivity contribution < 1.29 is 27.9 Å². The third kappa shape index (κ3) is 3.40. The van der Waals surface area contributed by atoms with Gasteiger partial charge in [-0.25, -0.2) is 9.78 Å². The zero-order valence-electron chi connectivity index (χ0n) is 10.9. The van der Waals surface area contributed by atoms with E-state index in [0.29, 0.717) is 5.56 Å². The lowest BCUT2D eigenvalue weighted by atomic mass is 10.0. The zero-order chi connectivity index (χ0) is 16.3. The van der Waals surface area contributed by atoms with Crippen LogP contribution in [-0.2, 0) is 4.79 Å². The number of carbonyl (C=O) groups is 2. The van der Waals surface area contributed by atoms with E-state index in [4.69, 9.17) is 5.11 Å². The highest BCUT2D eigenvalue weighted by atomic mass is 19.4. The van der Waals surface area contributed by atoms with Gasteiger partial charge >= 0.3 is 18.1 Å². The summed E-state index contributed by atoms with van der Waals surface area (Å²) in [7, 11) is 0. The van der Waals surface area contributed by atoms with Crippen LogP contribution < -0.4 is 5.32 Å². The van der Waals surface area contributed by atoms with E-state index in [9.17, 15) is 22.8 Å². The molecule has 2 aromatic rings. The van der Waals surface area contributed by atoms with Gasteiger partial charge in [0.05, 0.1) is 5.56 Å². The van der Waals surface area contributed by atoms with Crippen molar-refractivity contribution >= 4 is 17.7 Å². The molecular weight excluding hydrogens is 301 g/mol. The fourth-order valence-electron chi connectivity index (χ4n) is 1.70. The van der Waals surface area contributed by atoms with Crippen LogP contribution in [0.5, 0.6) is 0 Å². The van der Waals surface area contributed by atoms with Gasteiger partial charge in [-0.15, -0.1) is 0 Å². The summed E-state index contributed by atoms with van der Waals surface area (Å²) in [4.78, 5) is 25.6. The number of alkyl halides is 3. The molecule has 0 aliphatic carbocycles. The quantitative estimate of drug-likeness (QED) is 0.913. The largest absolute Gasteiger partial charge is 0.478 e. The summed E-state index contributed by atoms with van der Waals surface area (Å²) < 4.78 is 37.0. The van der Waals surface area contributed by atoms with Gasteiger partial charge in [0.15, 0.2) is 0 Å². The highest BCUT2D eigenvalue weighted by Crippen LogP contribution is 2.28. The number of aromatic nitrogens is 1. The molecule has 5 nitrogen and oxygen atoms in total. The highest BCUT2D eigenvalue weighted by Gasteiger charge is 2.39. The van der Waals surface area contributed by atoms with Gasteiger partial charge in [-0.3, -0.25) is 4.79 Å². The fraction of sp³-hybridized carbons (Fsp3) is 0.0714. The topological polar surface area (TPSA) is 79.3 Å². The Kier molecular flexibility index (Phi) is 4.11. The minimum atomic E-state index is -5.07. The molecular formula is C14H9F3N2O3. The molecule has 1 amide bonds. The number of carbonyl (C=O) groups excluding carboxylic acids is 1. The fourth-order valence-corrected chi connectivity index (χ4v) is 1.70. The van der Waals surface area contributed by atoms with Crippen molar-refractivity contribution in [3.05, 3.63) is 48.2 Å². The molecule has 114 valence electrons. The number of pyridine rings is 1. The monoisotopic (exact) mass is 310 g/mol. The Morgan fingerprint density at radius 2 is 1.77 bits per heavy atom. The number of anilines is 1. The number of hydrogen-bond donors (Lipinski definition) is 2. The number of amides is 1. The Balaban J connectivity index is 2.50. The lowest BCUT2D eigenvalue weighted by Gasteiger charge is -2.12. The first kappa shape index (κ1) is 15.5. The van der Waals surface area contributed by atoms with Crippen LogP contribution in [-0.4, -0.2) is 28.1 Å². The lowest BCUT2D eigenvalue weighted by molar-refractivity contribution is -0.167. The molecule has 0 saturated heterocycles. The summed E-state index contributed by atoms with van der Waals surface area (Å²) in [5.41, 5.74) is 0.303. The second-order valence-corrected chi connectivity index (χ2v) is 4.24. The molecule has 0 unspecified atom stereocenters. The van der Waals surface area contributed by atoms with E-state index in [1.807, 2.05) is 0 Å². The normalized spacial score (nSPS) is 11.0. The van der Waals surface area contributed by atoms with Crippen LogP contribution in [0.25, 0.3) is 11.1 Å². The van der Waals surface area contributed by atoms with Crippen molar-refractivity contribution in [2.24, 2.45) is 0 Å². The molecule has 1 aromatic carbocycles. The Bertz CT molecular complexity index is 715. The number of carboxylic acid groups (broad SMARTS) is 1. The standard InChI is InChI=1S/C14H9F3N2O3/c15-14(16,17)13(22)19-11-10(8-4-2-1-3-5-8)6-9(7-18-11)12(20)21/h1-7H,(H,20,21)(H,18,19,22). The molecule has 0 fully saturated rings. The first-order chi connectivity index (χ1) is 10.3. The van der Waals surface area contributed by atoms with E-state index >= 15 is 0 Å². The molecule has 0 aliphatic heterocycles. The van der Waals surface area contributed by atoms with Gasteiger partial charge < -0.3 is 10.4 Å². The summed E-state index contributed by atoms with van der Waals surface area (Å²) in [5.74, 6) is -3.82. The number of nitrogens with zero attached hydrogens (tertiary/aromatic N) is 1. The molecule has 0 saturated carbocycles. The second kappa shape index (κ2) is 5.84. The van der Waals surface area contributed by atoms with Crippen molar-refractivity contribution in [3.8, 4) is 11.1 Å². The summed E-state index contributed by atoms with van der Waals surface area (Å²) >= 11 is 0. The van der Waals surface area contributed by atoms with E-state index < -0.39 is 18.1 Å². The van der Waals surface area contributed by atoms with Gasteiger partial charge in [-0.05, 0) is 11.6 Å². The first-order valence-corrected chi connectivity index (χ1v) is 5.96. The zero-order valence-corrected chi connectivity index (χ0v) is 10.9. The Hall–Kier alpha value is -2.90. The number of aromatic carboxylic acids is 1. The molecule has 1 aromatic heterocycles. The van der Waals surface area contributed by atoms with Crippen LogP contribution in [0.4, 0.5) is 19.0 Å². The number of benzene rings is 1. The number of rotatable bonds is 3. The second-order valence-electron chi connectivity index (χ2n) is 4.24. The van der Waals surface area contributed by atoms with E-state index in [-0.39, 0.29) is 16.9 Å². The maximum absolute atomic E-state index is 12.3. The minimum absolute atomic E-state index is 0.0816. The lowest BCUT2D eigenvalue weighted by Crippen LogP contribution is -2.30. The SMILES string of the molecule is O=C(O)c1cnc(NC(=O)C(F)(F)F)c(-c2ccccc2)c1. The third-order valence-corrected chi connectivity index (χ3v) is 2.71. The number of nitrogens with one attached hydrogen (secondary N) is 1. The van der Waals surface area contributed by atoms with E-state index in [1.165, 1.54) is 0 Å². The smallest absolute Gasteiger partial charge is 0.471 e.